The summed E-state index contributed by atoms with van der Waals surface area (Å²) in [6, 6.07) is 10.4. The van der Waals surface area contributed by atoms with Crippen LogP contribution in [0.2, 0.25) is 0 Å². The standard InChI is InChI=1S/C14H10FN3S/c15-10-5-3-4-9-13(10)18-12(19)8-17-14(9)11-6-1-2-7-16-11/h1-7H,8H2,(H,18,19). The van der Waals surface area contributed by atoms with Crippen LogP contribution in [-0.4, -0.2) is 22.2 Å². The van der Waals surface area contributed by atoms with Gasteiger partial charge in [0.2, 0.25) is 0 Å². The van der Waals surface area contributed by atoms with E-state index in [9.17, 15) is 4.39 Å². The number of aromatic nitrogens is 1. The predicted octanol–water partition coefficient (Wildman–Crippen LogP) is 2.81. The van der Waals surface area contributed by atoms with Crippen LogP contribution in [0.15, 0.2) is 47.6 Å². The second kappa shape index (κ2) is 4.85. The zero-order valence-electron chi connectivity index (χ0n) is 9.93. The maximum Gasteiger partial charge on any atom is 0.147 e. The summed E-state index contributed by atoms with van der Waals surface area (Å²) < 4.78 is 13.9. The van der Waals surface area contributed by atoms with Crippen molar-refractivity contribution in [1.82, 2.24) is 4.98 Å². The van der Waals surface area contributed by atoms with Gasteiger partial charge in [0.1, 0.15) is 10.8 Å². The Morgan fingerprint density at radius 3 is 2.84 bits per heavy atom. The summed E-state index contributed by atoms with van der Waals surface area (Å²) in [6.45, 7) is 0.329. The molecule has 1 aliphatic heterocycles. The van der Waals surface area contributed by atoms with Crippen molar-refractivity contribution in [3.05, 3.63) is 59.7 Å². The molecule has 0 unspecified atom stereocenters. The second-order valence-electron chi connectivity index (χ2n) is 4.09. The zero-order valence-corrected chi connectivity index (χ0v) is 10.7. The van der Waals surface area contributed by atoms with Crippen molar-refractivity contribution in [1.29, 1.82) is 0 Å². The van der Waals surface area contributed by atoms with E-state index in [0.717, 1.165) is 0 Å². The molecular weight excluding hydrogens is 261 g/mol. The summed E-state index contributed by atoms with van der Waals surface area (Å²) in [4.78, 5) is 9.21. The molecule has 0 saturated carbocycles. The Morgan fingerprint density at radius 2 is 2.05 bits per heavy atom. The summed E-state index contributed by atoms with van der Waals surface area (Å²) in [6.07, 6.45) is 1.69. The molecule has 19 heavy (non-hydrogen) atoms. The topological polar surface area (TPSA) is 37.3 Å². The highest BCUT2D eigenvalue weighted by molar-refractivity contribution is 7.80. The Hall–Kier alpha value is -2.14. The molecule has 3 rings (SSSR count). The Balaban J connectivity index is 2.21. The molecule has 1 aromatic heterocycles. The molecule has 2 heterocycles. The van der Waals surface area contributed by atoms with Crippen molar-refractivity contribution >= 4 is 28.6 Å². The third-order valence-corrected chi connectivity index (χ3v) is 3.05. The minimum atomic E-state index is -0.342. The average Bonchev–Trinajstić information content (AvgIpc) is 2.60. The number of halogens is 1. The summed E-state index contributed by atoms with van der Waals surface area (Å²) in [5.74, 6) is -0.342. The van der Waals surface area contributed by atoms with Gasteiger partial charge in [0, 0.05) is 11.8 Å². The molecule has 3 nitrogen and oxygen atoms in total. The number of nitrogens with zero attached hydrogens (tertiary/aromatic N) is 2. The van der Waals surface area contributed by atoms with Crippen LogP contribution in [0.4, 0.5) is 10.1 Å². The molecule has 1 aliphatic rings. The average molecular weight is 271 g/mol. The quantitative estimate of drug-likeness (QED) is 0.810. The highest BCUT2D eigenvalue weighted by atomic mass is 32.1. The van der Waals surface area contributed by atoms with E-state index >= 15 is 0 Å². The van der Waals surface area contributed by atoms with Crippen LogP contribution in [0, 0.1) is 5.82 Å². The number of para-hydroxylation sites is 1. The van der Waals surface area contributed by atoms with E-state index in [1.165, 1.54) is 6.07 Å². The lowest BCUT2D eigenvalue weighted by Crippen LogP contribution is -2.12. The minimum absolute atomic E-state index is 0.329. The number of hydrogen-bond acceptors (Lipinski definition) is 3. The first-order valence-electron chi connectivity index (χ1n) is 5.80. The fourth-order valence-corrected chi connectivity index (χ4v) is 2.15. The predicted molar refractivity (Wildman–Crippen MR) is 77.4 cm³/mol. The van der Waals surface area contributed by atoms with Gasteiger partial charge in [-0.1, -0.05) is 30.4 Å². The van der Waals surface area contributed by atoms with Crippen LogP contribution >= 0.6 is 12.2 Å². The number of fused-ring (bicyclic) bond motifs is 1. The molecule has 0 aliphatic carbocycles. The molecule has 0 atom stereocenters. The summed E-state index contributed by atoms with van der Waals surface area (Å²) >= 11 is 5.13. The Bertz CT molecular complexity index is 668. The molecule has 94 valence electrons. The molecule has 0 radical (unpaired) electrons. The molecule has 5 heteroatoms. The van der Waals surface area contributed by atoms with Gasteiger partial charge < -0.3 is 5.32 Å². The molecule has 1 aromatic carbocycles. The highest BCUT2D eigenvalue weighted by Gasteiger charge is 2.19. The van der Waals surface area contributed by atoms with E-state index in [1.807, 2.05) is 24.3 Å². The van der Waals surface area contributed by atoms with Crippen molar-refractivity contribution < 1.29 is 4.39 Å². The molecule has 0 amide bonds. The van der Waals surface area contributed by atoms with Gasteiger partial charge in [-0.25, -0.2) is 4.39 Å². The lowest BCUT2D eigenvalue weighted by molar-refractivity contribution is 0.632. The van der Waals surface area contributed by atoms with Crippen molar-refractivity contribution in [2.24, 2.45) is 4.99 Å². The molecule has 0 bridgehead atoms. The Labute approximate surface area is 115 Å². The molecule has 1 N–H and O–H groups in total. The molecule has 0 spiro atoms. The van der Waals surface area contributed by atoms with Gasteiger partial charge in [-0.05, 0) is 18.2 Å². The number of pyridine rings is 1. The first kappa shape index (κ1) is 11.9. The first-order chi connectivity index (χ1) is 9.25. The van der Waals surface area contributed by atoms with E-state index in [1.54, 1.807) is 12.3 Å². The zero-order chi connectivity index (χ0) is 13.2. The van der Waals surface area contributed by atoms with Gasteiger partial charge >= 0.3 is 0 Å². The number of benzene rings is 1. The number of rotatable bonds is 1. The lowest BCUT2D eigenvalue weighted by Gasteiger charge is -2.10. The second-order valence-corrected chi connectivity index (χ2v) is 4.58. The number of anilines is 1. The number of benzodiazepines with no additional fused rings is 1. The Kier molecular flexibility index (Phi) is 3.05. The fraction of sp³-hybridized carbons (Fsp3) is 0.0714. The van der Waals surface area contributed by atoms with Gasteiger partial charge in [-0.2, -0.15) is 0 Å². The molecule has 0 saturated heterocycles. The van der Waals surface area contributed by atoms with Crippen LogP contribution in [-0.2, 0) is 0 Å². The van der Waals surface area contributed by atoms with Crippen molar-refractivity contribution in [2.45, 2.75) is 0 Å². The van der Waals surface area contributed by atoms with Crippen LogP contribution in [0.5, 0.6) is 0 Å². The van der Waals surface area contributed by atoms with Crippen LogP contribution < -0.4 is 5.32 Å². The van der Waals surface area contributed by atoms with E-state index in [2.05, 4.69) is 15.3 Å². The molecule has 2 aromatic rings. The number of aliphatic imine (C=N–C) groups is 1. The first-order valence-corrected chi connectivity index (χ1v) is 6.21. The van der Waals surface area contributed by atoms with Gasteiger partial charge in [0.25, 0.3) is 0 Å². The minimum Gasteiger partial charge on any atom is -0.346 e. The van der Waals surface area contributed by atoms with E-state index in [4.69, 9.17) is 12.2 Å². The number of nitrogens with one attached hydrogen (secondary N) is 1. The SMILES string of the molecule is Fc1cccc2c1NC(=S)CN=C2c1ccccn1. The molecular formula is C14H10FN3S. The Morgan fingerprint density at radius 1 is 1.16 bits per heavy atom. The molecule has 0 fully saturated rings. The third-order valence-electron chi connectivity index (χ3n) is 2.82. The number of hydrogen-bond donors (Lipinski definition) is 1. The van der Waals surface area contributed by atoms with E-state index < -0.39 is 0 Å². The van der Waals surface area contributed by atoms with Crippen LogP contribution in [0.3, 0.4) is 0 Å². The van der Waals surface area contributed by atoms with Crippen molar-refractivity contribution in [2.75, 3.05) is 11.9 Å². The normalized spacial score (nSPS) is 14.2. The summed E-state index contributed by atoms with van der Waals surface area (Å²) in [5.41, 5.74) is 2.41. The van der Waals surface area contributed by atoms with Crippen molar-refractivity contribution in [3.63, 3.8) is 0 Å². The maximum atomic E-state index is 13.9. The van der Waals surface area contributed by atoms with Gasteiger partial charge in [0.15, 0.2) is 0 Å². The summed E-state index contributed by atoms with van der Waals surface area (Å²) in [7, 11) is 0. The van der Waals surface area contributed by atoms with Gasteiger partial charge in [-0.15, -0.1) is 0 Å². The van der Waals surface area contributed by atoms with E-state index in [0.29, 0.717) is 34.2 Å². The smallest absolute Gasteiger partial charge is 0.147 e. The lowest BCUT2D eigenvalue weighted by atomic mass is 10.0. The maximum absolute atomic E-state index is 13.9. The van der Waals surface area contributed by atoms with Gasteiger partial charge in [0.05, 0.1) is 23.6 Å². The fourth-order valence-electron chi connectivity index (χ4n) is 1.99. The third kappa shape index (κ3) is 2.24. The highest BCUT2D eigenvalue weighted by Crippen LogP contribution is 2.25. The monoisotopic (exact) mass is 271 g/mol. The van der Waals surface area contributed by atoms with Crippen LogP contribution in [0.25, 0.3) is 0 Å². The largest absolute Gasteiger partial charge is 0.346 e. The van der Waals surface area contributed by atoms with Crippen molar-refractivity contribution in [3.8, 4) is 0 Å². The van der Waals surface area contributed by atoms with Gasteiger partial charge in [-0.3, -0.25) is 9.98 Å². The number of thiocarbonyl (C=S) groups is 1. The van der Waals surface area contributed by atoms with Crippen LogP contribution in [0.1, 0.15) is 11.3 Å². The summed E-state index contributed by atoms with van der Waals surface area (Å²) in [5, 5.41) is 2.90. The van der Waals surface area contributed by atoms with E-state index in [-0.39, 0.29) is 5.82 Å².